The molecule has 1 aliphatic heterocycles. The number of carboxylic acid groups (broad SMARTS) is 1. The van der Waals surface area contributed by atoms with E-state index in [1.165, 1.54) is 11.1 Å². The molecule has 0 amide bonds. The Morgan fingerprint density at radius 2 is 1.97 bits per heavy atom. The number of fused-ring (bicyclic) bond motifs is 1. The Morgan fingerprint density at radius 3 is 2.62 bits per heavy atom. The van der Waals surface area contributed by atoms with Crippen molar-refractivity contribution in [3.8, 4) is 0 Å². The molecule has 8 heteroatoms. The van der Waals surface area contributed by atoms with Gasteiger partial charge in [-0.3, -0.25) is 9.69 Å². The third-order valence-corrected chi connectivity index (χ3v) is 7.02. The van der Waals surface area contributed by atoms with E-state index in [2.05, 4.69) is 17.0 Å². The number of piperidine rings is 1. The maximum absolute atomic E-state index is 12.0. The number of nitrogens with zero attached hydrogens (tertiary/aromatic N) is 1. The first-order valence-corrected chi connectivity index (χ1v) is 11.1. The number of likely N-dealkylation sites (tertiary alicyclic amines) is 1. The van der Waals surface area contributed by atoms with Crippen LogP contribution >= 0.6 is 11.6 Å². The van der Waals surface area contributed by atoms with Crippen molar-refractivity contribution in [2.45, 2.75) is 69.3 Å². The molecule has 1 aliphatic carbocycles. The SMILES string of the molecule is N[C@@](CCCCB(O)O)(C(=O)O)C1CCN(C2CCCc3cc(Cl)ccc32)CC1. The molecule has 0 spiro atoms. The van der Waals surface area contributed by atoms with Crippen LogP contribution < -0.4 is 5.73 Å². The molecule has 3 rings (SSSR count). The van der Waals surface area contributed by atoms with E-state index in [0.717, 1.165) is 50.2 Å². The Hall–Kier alpha value is -1.12. The zero-order valence-corrected chi connectivity index (χ0v) is 17.7. The quantitative estimate of drug-likeness (QED) is 0.379. The van der Waals surface area contributed by atoms with Gasteiger partial charge >= 0.3 is 13.1 Å². The number of aryl methyl sites for hydroxylation is 1. The number of hydrogen-bond acceptors (Lipinski definition) is 5. The lowest BCUT2D eigenvalue weighted by atomic mass is 9.73. The van der Waals surface area contributed by atoms with Crippen LogP contribution in [0, 0.1) is 5.92 Å². The lowest BCUT2D eigenvalue weighted by molar-refractivity contribution is -0.147. The van der Waals surface area contributed by atoms with E-state index >= 15 is 0 Å². The molecule has 160 valence electrons. The number of benzene rings is 1. The third kappa shape index (κ3) is 5.33. The third-order valence-electron chi connectivity index (χ3n) is 6.79. The van der Waals surface area contributed by atoms with Gasteiger partial charge in [-0.2, -0.15) is 0 Å². The van der Waals surface area contributed by atoms with Crippen LogP contribution in [0.25, 0.3) is 0 Å². The van der Waals surface area contributed by atoms with Gasteiger partial charge in [0.2, 0.25) is 0 Å². The molecule has 1 aromatic carbocycles. The van der Waals surface area contributed by atoms with E-state index in [1.54, 1.807) is 0 Å². The highest BCUT2D eigenvalue weighted by atomic mass is 35.5. The lowest BCUT2D eigenvalue weighted by Gasteiger charge is -2.44. The largest absolute Gasteiger partial charge is 0.480 e. The summed E-state index contributed by atoms with van der Waals surface area (Å²) in [7, 11) is -1.34. The van der Waals surface area contributed by atoms with Crippen LogP contribution in [0.1, 0.15) is 62.1 Å². The highest BCUT2D eigenvalue weighted by Gasteiger charge is 2.43. The summed E-state index contributed by atoms with van der Waals surface area (Å²) in [6, 6.07) is 6.56. The second kappa shape index (κ2) is 9.79. The standard InChI is InChI=1S/C21H32BClN2O4/c23-17-6-7-18-15(14-17)4-3-5-19(18)25-12-8-16(9-13-25)21(24,20(26)27)10-1-2-11-22(28)29/h6-7,14,16,19,28-29H,1-5,8-13,24H2,(H,26,27)/t19?,21-/m1/s1. The smallest absolute Gasteiger partial charge is 0.451 e. The van der Waals surface area contributed by atoms with Crippen molar-refractivity contribution < 1.29 is 19.9 Å². The minimum Gasteiger partial charge on any atom is -0.480 e. The normalized spacial score (nSPS) is 22.7. The van der Waals surface area contributed by atoms with Crippen molar-refractivity contribution in [3.63, 3.8) is 0 Å². The first-order valence-electron chi connectivity index (χ1n) is 10.7. The zero-order valence-electron chi connectivity index (χ0n) is 16.9. The lowest BCUT2D eigenvalue weighted by Crippen LogP contribution is -2.57. The fourth-order valence-electron chi connectivity index (χ4n) is 5.09. The molecule has 1 aromatic rings. The summed E-state index contributed by atoms with van der Waals surface area (Å²) in [5.74, 6) is -1.01. The molecule has 2 atom stereocenters. The summed E-state index contributed by atoms with van der Waals surface area (Å²) in [5, 5.41) is 28.5. The summed E-state index contributed by atoms with van der Waals surface area (Å²) < 4.78 is 0. The van der Waals surface area contributed by atoms with Gasteiger partial charge in [-0.25, -0.2) is 0 Å². The molecule has 0 aromatic heterocycles. The van der Waals surface area contributed by atoms with Crippen LogP contribution in [0.15, 0.2) is 18.2 Å². The summed E-state index contributed by atoms with van der Waals surface area (Å²) in [4.78, 5) is 14.5. The summed E-state index contributed by atoms with van der Waals surface area (Å²) in [6.45, 7) is 1.69. The molecule has 0 radical (unpaired) electrons. The van der Waals surface area contributed by atoms with Gasteiger partial charge in [0.1, 0.15) is 5.54 Å². The van der Waals surface area contributed by atoms with E-state index in [-0.39, 0.29) is 12.2 Å². The molecule has 0 saturated carbocycles. The summed E-state index contributed by atoms with van der Waals surface area (Å²) in [5.41, 5.74) is 7.84. The van der Waals surface area contributed by atoms with Crippen LogP contribution in [0.2, 0.25) is 11.3 Å². The summed E-state index contributed by atoms with van der Waals surface area (Å²) in [6.07, 6.45) is 6.62. The van der Waals surface area contributed by atoms with Crippen LogP contribution in [0.4, 0.5) is 0 Å². The molecular weight excluding hydrogens is 391 g/mol. The number of carboxylic acids is 1. The fraction of sp³-hybridized carbons (Fsp3) is 0.667. The number of carbonyl (C=O) groups is 1. The molecule has 1 saturated heterocycles. The highest BCUT2D eigenvalue weighted by Crippen LogP contribution is 2.39. The predicted molar refractivity (Wildman–Crippen MR) is 115 cm³/mol. The van der Waals surface area contributed by atoms with E-state index < -0.39 is 18.6 Å². The highest BCUT2D eigenvalue weighted by molar-refractivity contribution is 6.40. The van der Waals surface area contributed by atoms with E-state index in [1.807, 2.05) is 6.07 Å². The van der Waals surface area contributed by atoms with Gasteiger partial charge in [-0.1, -0.05) is 30.5 Å². The number of nitrogens with two attached hydrogens (primary N) is 1. The maximum Gasteiger partial charge on any atom is 0.451 e. The van der Waals surface area contributed by atoms with Gasteiger partial charge in [-0.05, 0) is 87.1 Å². The van der Waals surface area contributed by atoms with Gasteiger partial charge in [-0.15, -0.1) is 0 Å². The van der Waals surface area contributed by atoms with Crippen molar-refractivity contribution >= 4 is 24.7 Å². The number of hydrogen-bond donors (Lipinski definition) is 4. The van der Waals surface area contributed by atoms with Crippen molar-refractivity contribution in [1.29, 1.82) is 0 Å². The maximum atomic E-state index is 12.0. The van der Waals surface area contributed by atoms with Crippen molar-refractivity contribution in [3.05, 3.63) is 34.3 Å². The van der Waals surface area contributed by atoms with Crippen molar-refractivity contribution in [2.24, 2.45) is 11.7 Å². The minimum atomic E-state index is -1.34. The average molecular weight is 423 g/mol. The van der Waals surface area contributed by atoms with Gasteiger partial charge in [0, 0.05) is 11.1 Å². The monoisotopic (exact) mass is 422 g/mol. The van der Waals surface area contributed by atoms with Crippen LogP contribution in [0.5, 0.6) is 0 Å². The Balaban J connectivity index is 1.61. The van der Waals surface area contributed by atoms with Crippen LogP contribution in [0.3, 0.4) is 0 Å². The van der Waals surface area contributed by atoms with Gasteiger partial charge in [0.25, 0.3) is 0 Å². The molecule has 1 heterocycles. The average Bonchev–Trinajstić information content (AvgIpc) is 2.70. The van der Waals surface area contributed by atoms with Crippen molar-refractivity contribution in [1.82, 2.24) is 4.90 Å². The Bertz CT molecular complexity index is 712. The van der Waals surface area contributed by atoms with Crippen LogP contribution in [-0.4, -0.2) is 51.8 Å². The van der Waals surface area contributed by atoms with E-state index in [9.17, 15) is 9.90 Å². The molecule has 0 bridgehead atoms. The zero-order chi connectivity index (χ0) is 21.0. The van der Waals surface area contributed by atoms with E-state index in [4.69, 9.17) is 27.4 Å². The molecule has 6 nitrogen and oxygen atoms in total. The Labute approximate surface area is 178 Å². The number of halogens is 1. The first kappa shape index (κ1) is 22.6. The minimum absolute atomic E-state index is 0.0661. The number of aliphatic carboxylic acids is 1. The molecule has 5 N–H and O–H groups in total. The van der Waals surface area contributed by atoms with Gasteiger partial charge < -0.3 is 20.9 Å². The second-order valence-corrected chi connectivity index (χ2v) is 9.07. The molecule has 1 fully saturated rings. The van der Waals surface area contributed by atoms with Gasteiger partial charge in [0.15, 0.2) is 0 Å². The van der Waals surface area contributed by atoms with Gasteiger partial charge in [0.05, 0.1) is 0 Å². The Kier molecular flexibility index (Phi) is 7.62. The fourth-order valence-corrected chi connectivity index (χ4v) is 5.29. The molecular formula is C21H32BClN2O4. The van der Waals surface area contributed by atoms with E-state index in [0.29, 0.717) is 25.3 Å². The topological polar surface area (TPSA) is 107 Å². The number of unbranched alkanes of at least 4 members (excludes halogenated alkanes) is 1. The molecule has 29 heavy (non-hydrogen) atoms. The second-order valence-electron chi connectivity index (χ2n) is 8.63. The first-order chi connectivity index (χ1) is 13.8. The predicted octanol–water partition coefficient (Wildman–Crippen LogP) is 2.85. The van der Waals surface area contributed by atoms with Crippen LogP contribution in [-0.2, 0) is 11.2 Å². The Morgan fingerprint density at radius 1 is 1.24 bits per heavy atom. The molecule has 2 aliphatic rings. The number of rotatable bonds is 8. The van der Waals surface area contributed by atoms with Crippen molar-refractivity contribution in [2.75, 3.05) is 13.1 Å². The molecule has 1 unspecified atom stereocenters. The summed E-state index contributed by atoms with van der Waals surface area (Å²) >= 11 is 6.17.